The van der Waals surface area contributed by atoms with Gasteiger partial charge in [0.05, 0.1) is 30.9 Å². The average Bonchev–Trinajstić information content (AvgIpc) is 2.26. The third kappa shape index (κ3) is 26.0. The second-order valence-electron chi connectivity index (χ2n) is 22.7. The number of hydrogen-bond acceptors (Lipinski definition) is 14. The van der Waals surface area contributed by atoms with Gasteiger partial charge >= 0.3 is 23.9 Å². The lowest BCUT2D eigenvalue weighted by molar-refractivity contribution is -0.157. The van der Waals surface area contributed by atoms with Crippen molar-refractivity contribution in [3.63, 3.8) is 0 Å². The summed E-state index contributed by atoms with van der Waals surface area (Å²) in [4.78, 5) is 88.1. The zero-order valence-electron chi connectivity index (χ0n) is 52.5. The molecule has 480 valence electrons. The van der Waals surface area contributed by atoms with Gasteiger partial charge < -0.3 is 55.2 Å². The number of amides is 3. The van der Waals surface area contributed by atoms with Gasteiger partial charge in [-0.25, -0.2) is 19.2 Å². The number of anilines is 2. The van der Waals surface area contributed by atoms with E-state index >= 15 is 0 Å². The molecule has 18 nitrogen and oxygen atoms in total. The molecule has 18 heteroatoms. The Morgan fingerprint density at radius 3 is 1.34 bits per heavy atom. The van der Waals surface area contributed by atoms with Crippen LogP contribution in [0.3, 0.4) is 0 Å². The van der Waals surface area contributed by atoms with Gasteiger partial charge in [0.25, 0.3) is 11.8 Å². The van der Waals surface area contributed by atoms with E-state index in [1.165, 1.54) is 50.7 Å². The third-order valence-electron chi connectivity index (χ3n) is 13.9. The van der Waals surface area contributed by atoms with Crippen LogP contribution in [0.15, 0.2) is 176 Å². The van der Waals surface area contributed by atoms with Crippen LogP contribution < -0.4 is 40.6 Å². The van der Waals surface area contributed by atoms with E-state index in [1.807, 2.05) is 30.3 Å². The molecule has 0 aliphatic heterocycles. The van der Waals surface area contributed by atoms with Crippen LogP contribution in [0.1, 0.15) is 157 Å². The molecule has 3 amide bonds. The fourth-order valence-electron chi connectivity index (χ4n) is 8.98. The Morgan fingerprint density at radius 2 is 0.890 bits per heavy atom. The number of carboxylic acids is 1. The highest BCUT2D eigenvalue weighted by Gasteiger charge is 2.28. The second kappa shape index (κ2) is 37.2. The highest BCUT2D eigenvalue weighted by atomic mass is 16.6. The zero-order valence-corrected chi connectivity index (χ0v) is 52.5. The van der Waals surface area contributed by atoms with Gasteiger partial charge in [-0.05, 0) is 172 Å². The van der Waals surface area contributed by atoms with Crippen molar-refractivity contribution >= 4 is 53.0 Å². The number of carbonyl (C=O) groups excluding carboxylic acids is 6. The summed E-state index contributed by atoms with van der Waals surface area (Å²) in [7, 11) is 0. The Labute approximate surface area is 533 Å². The molecule has 0 saturated heterocycles. The third-order valence-corrected chi connectivity index (χ3v) is 13.9. The minimum Gasteiger partial charge on any atom is -0.494 e. The molecule has 91 heavy (non-hydrogen) atoms. The minimum atomic E-state index is -1.21. The largest absolute Gasteiger partial charge is 0.494 e. The Morgan fingerprint density at radius 1 is 0.473 bits per heavy atom. The number of nitrogens with two attached hydrogens (primary N) is 1. The van der Waals surface area contributed by atoms with Gasteiger partial charge in [-0.2, -0.15) is 0 Å². The molecule has 0 unspecified atom stereocenters. The maximum atomic E-state index is 13.0. The van der Waals surface area contributed by atoms with Crippen molar-refractivity contribution in [3.05, 3.63) is 215 Å². The van der Waals surface area contributed by atoms with Gasteiger partial charge in [0, 0.05) is 35.3 Å². The average molecular weight is 1240 g/mol. The number of ether oxygens (including phenoxy) is 6. The quantitative estimate of drug-likeness (QED) is 0.0111. The van der Waals surface area contributed by atoms with Crippen LogP contribution >= 0.6 is 0 Å². The lowest BCUT2D eigenvalue weighted by atomic mass is 10.0. The SMILES string of the molecule is CCCCCCCOc1ccc(C(=O)Oc2ccc(C[C@H](NC(=O)c3ccc(N)cc3)C(=O)OC(C)(C)C)cc2)cc1.CCCCCCCOc1ccc(C(=O)Oc2ccc(C[C@H](NC(=O)c3ccc(NC(=O)COCc4ccccc4)cc3)C(=O)O)cc2)cc1. The van der Waals surface area contributed by atoms with Gasteiger partial charge in [-0.15, -0.1) is 0 Å². The van der Waals surface area contributed by atoms with E-state index in [0.717, 1.165) is 42.6 Å². The topological polar surface area (TPSA) is 257 Å². The molecule has 0 spiro atoms. The van der Waals surface area contributed by atoms with Crippen molar-refractivity contribution in [1.82, 2.24) is 10.6 Å². The summed E-state index contributed by atoms with van der Waals surface area (Å²) >= 11 is 0. The van der Waals surface area contributed by atoms with Crippen LogP contribution in [0.2, 0.25) is 0 Å². The summed E-state index contributed by atoms with van der Waals surface area (Å²) in [5, 5.41) is 17.8. The summed E-state index contributed by atoms with van der Waals surface area (Å²) in [6, 6.07) is 46.8. The van der Waals surface area contributed by atoms with Gasteiger partial charge in [-0.3, -0.25) is 14.4 Å². The van der Waals surface area contributed by atoms with E-state index in [9.17, 15) is 38.7 Å². The van der Waals surface area contributed by atoms with Crippen LogP contribution in [0.25, 0.3) is 0 Å². The fraction of sp³-hybridized carbons (Fsp3) is 0.329. The van der Waals surface area contributed by atoms with Crippen LogP contribution in [-0.2, 0) is 43.3 Å². The van der Waals surface area contributed by atoms with Crippen LogP contribution in [0.5, 0.6) is 23.0 Å². The molecule has 6 N–H and O–H groups in total. The molecule has 7 aromatic carbocycles. The van der Waals surface area contributed by atoms with Crippen molar-refractivity contribution < 1.29 is 67.1 Å². The summed E-state index contributed by atoms with van der Waals surface area (Å²) < 4.78 is 33.5. The number of carbonyl (C=O) groups is 7. The maximum absolute atomic E-state index is 13.0. The second-order valence-corrected chi connectivity index (χ2v) is 22.7. The smallest absolute Gasteiger partial charge is 0.343 e. The summed E-state index contributed by atoms with van der Waals surface area (Å²) in [5.41, 5.74) is 9.71. The number of carboxylic acid groups (broad SMARTS) is 1. The van der Waals surface area contributed by atoms with E-state index in [0.29, 0.717) is 70.7 Å². The van der Waals surface area contributed by atoms with E-state index in [1.54, 1.807) is 154 Å². The summed E-state index contributed by atoms with van der Waals surface area (Å²) in [6.45, 7) is 11.1. The molecule has 0 heterocycles. The minimum absolute atomic E-state index is 0.00644. The molecule has 0 radical (unpaired) electrons. The normalized spacial score (nSPS) is 11.5. The Balaban J connectivity index is 0.000000293. The fourth-order valence-corrected chi connectivity index (χ4v) is 8.98. The maximum Gasteiger partial charge on any atom is 0.343 e. The number of aliphatic carboxylic acids is 1. The van der Waals surface area contributed by atoms with Crippen molar-refractivity contribution in [2.45, 2.75) is 136 Å². The first-order valence-corrected chi connectivity index (χ1v) is 30.9. The van der Waals surface area contributed by atoms with Crippen LogP contribution in [0, 0.1) is 0 Å². The molecule has 0 aromatic heterocycles. The molecule has 7 aromatic rings. The summed E-state index contributed by atoms with van der Waals surface area (Å²) in [5.74, 6) is -2.05. The Bertz CT molecular complexity index is 3390. The molecule has 0 aliphatic carbocycles. The van der Waals surface area contributed by atoms with Crippen molar-refractivity contribution in [3.8, 4) is 23.0 Å². The number of nitrogens with one attached hydrogen (secondary N) is 3. The van der Waals surface area contributed by atoms with Gasteiger partial charge in [-0.1, -0.05) is 120 Å². The summed E-state index contributed by atoms with van der Waals surface area (Å²) in [6.07, 6.45) is 11.8. The monoisotopic (exact) mass is 1240 g/mol. The molecule has 2 atom stereocenters. The van der Waals surface area contributed by atoms with Crippen molar-refractivity contribution in [2.24, 2.45) is 0 Å². The number of nitrogen functional groups attached to an aromatic ring is 1. The molecule has 7 rings (SSSR count). The number of esters is 3. The van der Waals surface area contributed by atoms with E-state index in [-0.39, 0.29) is 30.9 Å². The zero-order chi connectivity index (χ0) is 65.4. The lowest BCUT2D eigenvalue weighted by Crippen LogP contribution is -2.45. The first-order chi connectivity index (χ1) is 43.8. The van der Waals surface area contributed by atoms with E-state index in [4.69, 9.17) is 34.2 Å². The van der Waals surface area contributed by atoms with Crippen LogP contribution in [-0.4, -0.2) is 84.2 Å². The molecular weight excluding hydrogens is 1160 g/mol. The highest BCUT2D eigenvalue weighted by molar-refractivity contribution is 5.99. The van der Waals surface area contributed by atoms with Gasteiger partial charge in [0.1, 0.15) is 47.3 Å². The lowest BCUT2D eigenvalue weighted by Gasteiger charge is -2.25. The molecule has 0 saturated carbocycles. The van der Waals surface area contributed by atoms with Crippen molar-refractivity contribution in [1.29, 1.82) is 0 Å². The van der Waals surface area contributed by atoms with Gasteiger partial charge in [0.15, 0.2) is 0 Å². The number of hydrogen-bond donors (Lipinski definition) is 5. The van der Waals surface area contributed by atoms with E-state index in [2.05, 4.69) is 29.8 Å². The highest BCUT2D eigenvalue weighted by Crippen LogP contribution is 2.22. The van der Waals surface area contributed by atoms with E-state index < -0.39 is 53.4 Å². The molecule has 0 bridgehead atoms. The first-order valence-electron chi connectivity index (χ1n) is 30.9. The Hall–Kier alpha value is -9.81. The standard InChI is InChI=1S/C39H42N2O8.C34H42N2O6/c1-2-3-4-5-9-24-48-33-22-16-31(17-23-33)39(46)49-34-20-12-28(13-21-34)25-35(38(44)45)41-37(43)30-14-18-32(19-15-30)40-36(42)27-47-26-29-10-7-6-8-11-29;1-5-6-7-8-9-22-40-28-20-14-26(15-21-28)32(38)41-29-18-10-24(11-19-29)23-30(33(39)42-34(2,3)4)36-31(37)25-12-16-27(35)17-13-25/h6-8,10-23,35H,2-5,9,24-27H2,1H3,(H,40,42)(H,41,43)(H,44,45);10-21,30H,5-9,22-23,35H2,1-4H3,(H,36,37)/t35-;30-/m00/s1. The predicted octanol–water partition coefficient (Wildman–Crippen LogP) is 13.4. The van der Waals surface area contributed by atoms with Crippen LogP contribution in [0.4, 0.5) is 11.4 Å². The van der Waals surface area contributed by atoms with Crippen molar-refractivity contribution in [2.75, 3.05) is 30.9 Å². The number of rotatable bonds is 33. The molecule has 0 fully saturated rings. The Kier molecular flexibility index (Phi) is 28.8. The number of benzene rings is 7. The van der Waals surface area contributed by atoms with Gasteiger partial charge in [0.2, 0.25) is 5.91 Å². The number of unbranched alkanes of at least 4 members (excludes halogenated alkanes) is 8. The first kappa shape index (κ1) is 70.3. The predicted molar refractivity (Wildman–Crippen MR) is 350 cm³/mol. The molecular formula is C73H84N4O14. The molecule has 0 aliphatic rings.